The van der Waals surface area contributed by atoms with E-state index < -0.39 is 0 Å². The van der Waals surface area contributed by atoms with E-state index >= 15 is 0 Å². The van der Waals surface area contributed by atoms with Gasteiger partial charge < -0.3 is 10.6 Å². The van der Waals surface area contributed by atoms with Crippen LogP contribution in [-0.4, -0.2) is 37.7 Å². The summed E-state index contributed by atoms with van der Waals surface area (Å²) in [4.78, 5) is 0. The molecule has 0 aromatic carbocycles. The summed E-state index contributed by atoms with van der Waals surface area (Å²) in [7, 11) is 0. The van der Waals surface area contributed by atoms with Gasteiger partial charge in [0.1, 0.15) is 0 Å². The zero-order chi connectivity index (χ0) is 8.49. The van der Waals surface area contributed by atoms with E-state index in [1.54, 1.807) is 0 Å². The molecule has 2 nitrogen and oxygen atoms in total. The molecule has 88 valence electrons. The van der Waals surface area contributed by atoms with Gasteiger partial charge in [-0.2, -0.15) is 11.8 Å². The van der Waals surface area contributed by atoms with Gasteiger partial charge in [0, 0.05) is 0 Å². The lowest BCUT2D eigenvalue weighted by Gasteiger charge is -2.08. The molecule has 0 aliphatic carbocycles. The minimum atomic E-state index is 0. The summed E-state index contributed by atoms with van der Waals surface area (Å²) >= 11 is 2.09. The van der Waals surface area contributed by atoms with E-state index in [9.17, 15) is 0 Å². The van der Waals surface area contributed by atoms with Gasteiger partial charge in [0.25, 0.3) is 0 Å². The Kier molecular flexibility index (Phi) is 17.9. The van der Waals surface area contributed by atoms with Crippen molar-refractivity contribution in [1.82, 2.24) is 10.6 Å². The molecule has 0 aromatic rings. The summed E-state index contributed by atoms with van der Waals surface area (Å²) < 4.78 is 0. The lowest BCUT2D eigenvalue weighted by atomic mass is 10.4. The molecule has 1 heterocycles. The topological polar surface area (TPSA) is 24.1 Å². The number of halogens is 2. The molecule has 1 aliphatic heterocycles. The number of hydrogen-bond acceptors (Lipinski definition) is 3. The molecule has 14 heavy (non-hydrogen) atoms. The van der Waals surface area contributed by atoms with Crippen LogP contribution in [0.1, 0.15) is 19.3 Å². The highest BCUT2D eigenvalue weighted by molar-refractivity contribution is 8.93. The summed E-state index contributed by atoms with van der Waals surface area (Å²) in [6, 6.07) is 0. The number of rotatable bonds is 0. The van der Waals surface area contributed by atoms with Crippen LogP contribution in [0.3, 0.4) is 0 Å². The number of hydrogen-bond donors (Lipinski definition) is 2. The van der Waals surface area contributed by atoms with Gasteiger partial charge in [-0.3, -0.25) is 0 Å². The molecule has 0 aromatic heterocycles. The quantitative estimate of drug-likeness (QED) is 0.701. The van der Waals surface area contributed by atoms with Gasteiger partial charge in [-0.05, 0) is 56.9 Å². The minimum absolute atomic E-state index is 0. The molecular formula is C9H22Br2N2S. The minimum Gasteiger partial charge on any atom is -0.317 e. The average Bonchev–Trinajstić information content (AvgIpc) is 2.05. The van der Waals surface area contributed by atoms with E-state index in [-0.39, 0.29) is 34.0 Å². The standard InChI is InChI=1S/C9H20N2S.2BrH/c1-4-10-6-2-8-12-9-3-7-11-5-1;;/h10-11H,1-9H2;2*1H. The fourth-order valence-corrected chi connectivity index (χ4v) is 2.19. The maximum absolute atomic E-state index is 3.45. The fourth-order valence-electron chi connectivity index (χ4n) is 1.29. The predicted molar refractivity (Wildman–Crippen MR) is 77.6 cm³/mol. The van der Waals surface area contributed by atoms with Crippen molar-refractivity contribution in [1.29, 1.82) is 0 Å². The lowest BCUT2D eigenvalue weighted by molar-refractivity contribution is 0.589. The molecule has 1 rings (SSSR count). The largest absolute Gasteiger partial charge is 0.317 e. The molecule has 1 fully saturated rings. The highest BCUT2D eigenvalue weighted by Crippen LogP contribution is 2.03. The van der Waals surface area contributed by atoms with Crippen LogP contribution >= 0.6 is 45.7 Å². The van der Waals surface area contributed by atoms with Crippen molar-refractivity contribution in [2.24, 2.45) is 0 Å². The van der Waals surface area contributed by atoms with Crippen LogP contribution in [-0.2, 0) is 0 Å². The Balaban J connectivity index is 0. The third kappa shape index (κ3) is 11.3. The highest BCUT2D eigenvalue weighted by atomic mass is 79.9. The molecule has 5 heteroatoms. The van der Waals surface area contributed by atoms with Crippen molar-refractivity contribution < 1.29 is 0 Å². The Morgan fingerprint density at radius 2 is 1.07 bits per heavy atom. The van der Waals surface area contributed by atoms with Crippen molar-refractivity contribution in [3.05, 3.63) is 0 Å². The smallest absolute Gasteiger partial charge is 0.00368 e. The summed E-state index contributed by atoms with van der Waals surface area (Å²) in [5.41, 5.74) is 0. The molecule has 0 saturated carbocycles. The van der Waals surface area contributed by atoms with Crippen LogP contribution in [0.25, 0.3) is 0 Å². The molecule has 2 N–H and O–H groups in total. The monoisotopic (exact) mass is 348 g/mol. The first-order valence-corrected chi connectivity index (χ1v) is 6.15. The van der Waals surface area contributed by atoms with Crippen molar-refractivity contribution >= 4 is 45.7 Å². The first-order valence-electron chi connectivity index (χ1n) is 4.99. The fraction of sp³-hybridized carbons (Fsp3) is 1.00. The second kappa shape index (κ2) is 14.2. The van der Waals surface area contributed by atoms with E-state index in [0.29, 0.717) is 0 Å². The van der Waals surface area contributed by atoms with Gasteiger partial charge in [-0.25, -0.2) is 0 Å². The predicted octanol–water partition coefficient (Wildman–Crippen LogP) is 2.24. The summed E-state index contributed by atoms with van der Waals surface area (Å²) in [6.45, 7) is 4.76. The average molecular weight is 350 g/mol. The lowest BCUT2D eigenvalue weighted by Crippen LogP contribution is -2.24. The molecule has 0 spiro atoms. The van der Waals surface area contributed by atoms with E-state index in [1.165, 1.54) is 56.9 Å². The van der Waals surface area contributed by atoms with Gasteiger partial charge >= 0.3 is 0 Å². The molecule has 1 saturated heterocycles. The van der Waals surface area contributed by atoms with E-state index in [2.05, 4.69) is 22.4 Å². The Morgan fingerprint density at radius 1 is 0.643 bits per heavy atom. The number of nitrogens with one attached hydrogen (secondary N) is 2. The first-order chi connectivity index (χ1) is 6.00. The van der Waals surface area contributed by atoms with Crippen LogP contribution in [0.4, 0.5) is 0 Å². The van der Waals surface area contributed by atoms with Crippen LogP contribution < -0.4 is 10.6 Å². The van der Waals surface area contributed by atoms with Gasteiger partial charge in [-0.15, -0.1) is 34.0 Å². The van der Waals surface area contributed by atoms with Crippen molar-refractivity contribution in [3.63, 3.8) is 0 Å². The van der Waals surface area contributed by atoms with E-state index in [4.69, 9.17) is 0 Å². The van der Waals surface area contributed by atoms with Crippen LogP contribution in [0.15, 0.2) is 0 Å². The van der Waals surface area contributed by atoms with Gasteiger partial charge in [0.15, 0.2) is 0 Å². The van der Waals surface area contributed by atoms with E-state index in [0.717, 1.165) is 0 Å². The van der Waals surface area contributed by atoms with Crippen molar-refractivity contribution in [3.8, 4) is 0 Å². The van der Waals surface area contributed by atoms with Crippen molar-refractivity contribution in [2.75, 3.05) is 37.7 Å². The normalized spacial score (nSPS) is 20.6. The van der Waals surface area contributed by atoms with Gasteiger partial charge in [0.05, 0.1) is 0 Å². The van der Waals surface area contributed by atoms with Crippen LogP contribution in [0.2, 0.25) is 0 Å². The molecular weight excluding hydrogens is 328 g/mol. The maximum Gasteiger partial charge on any atom is -0.00368 e. The third-order valence-electron chi connectivity index (χ3n) is 1.99. The summed E-state index contributed by atoms with van der Waals surface area (Å²) in [6.07, 6.45) is 3.93. The zero-order valence-electron chi connectivity index (χ0n) is 8.59. The second-order valence-electron chi connectivity index (χ2n) is 3.17. The third-order valence-corrected chi connectivity index (χ3v) is 3.15. The molecule has 0 amide bonds. The molecule has 0 radical (unpaired) electrons. The maximum atomic E-state index is 3.45. The van der Waals surface area contributed by atoms with Gasteiger partial charge in [-0.1, -0.05) is 0 Å². The van der Waals surface area contributed by atoms with Crippen molar-refractivity contribution in [2.45, 2.75) is 19.3 Å². The first kappa shape index (κ1) is 17.6. The van der Waals surface area contributed by atoms with Gasteiger partial charge in [0.2, 0.25) is 0 Å². The second-order valence-corrected chi connectivity index (χ2v) is 4.40. The highest BCUT2D eigenvalue weighted by Gasteiger charge is 1.94. The Morgan fingerprint density at radius 3 is 1.57 bits per heavy atom. The Hall–Kier alpha value is 1.23. The summed E-state index contributed by atoms with van der Waals surface area (Å²) in [5.74, 6) is 2.65. The molecule has 0 atom stereocenters. The van der Waals surface area contributed by atoms with E-state index in [1.807, 2.05) is 0 Å². The Labute approximate surface area is 113 Å². The van der Waals surface area contributed by atoms with Crippen LogP contribution in [0.5, 0.6) is 0 Å². The Bertz CT molecular complexity index is 63.8. The molecule has 1 aliphatic rings. The van der Waals surface area contributed by atoms with Crippen LogP contribution in [0, 0.1) is 0 Å². The zero-order valence-corrected chi connectivity index (χ0v) is 12.8. The summed E-state index contributed by atoms with van der Waals surface area (Å²) in [5, 5.41) is 6.90. The molecule has 0 bridgehead atoms. The molecule has 0 unspecified atom stereocenters. The SMILES string of the molecule is Br.Br.C1CNCCCSCCCNC1. The number of thioether (sulfide) groups is 1.